The van der Waals surface area contributed by atoms with Crippen molar-refractivity contribution in [2.24, 2.45) is 0 Å². The van der Waals surface area contributed by atoms with E-state index >= 15 is 0 Å². The van der Waals surface area contributed by atoms with Gasteiger partial charge in [-0.15, -0.1) is 0 Å². The Hall–Kier alpha value is -3.36. The number of sulfonamides is 1. The summed E-state index contributed by atoms with van der Waals surface area (Å²) in [6.07, 6.45) is 0.742. The summed E-state index contributed by atoms with van der Waals surface area (Å²) in [5, 5.41) is 3.33. The average Bonchev–Trinajstić information content (AvgIpc) is 2.91. The third-order valence-corrected chi connectivity index (χ3v) is 8.45. The van der Waals surface area contributed by atoms with Crippen LogP contribution in [0.3, 0.4) is 0 Å². The molecule has 0 heterocycles. The molecule has 202 valence electrons. The van der Waals surface area contributed by atoms with Gasteiger partial charge in [0.15, 0.2) is 0 Å². The molecule has 9 heteroatoms. The molecule has 3 rings (SSSR count). The fourth-order valence-corrected chi connectivity index (χ4v) is 5.52. The van der Waals surface area contributed by atoms with Crippen LogP contribution in [0, 0.1) is 6.92 Å². The number of rotatable bonds is 11. The number of hydrogen-bond donors (Lipinski definition) is 1. The van der Waals surface area contributed by atoms with E-state index in [4.69, 9.17) is 11.6 Å². The number of para-hydroxylation sites is 1. The first kappa shape index (κ1) is 29.2. The van der Waals surface area contributed by atoms with Crippen LogP contribution in [0.2, 0.25) is 5.02 Å². The van der Waals surface area contributed by atoms with Crippen molar-refractivity contribution in [3.8, 4) is 0 Å². The highest BCUT2D eigenvalue weighted by Crippen LogP contribution is 2.28. The smallest absolute Gasteiger partial charge is 0.264 e. The summed E-state index contributed by atoms with van der Waals surface area (Å²) in [5.41, 5.74) is 1.90. The summed E-state index contributed by atoms with van der Waals surface area (Å²) in [4.78, 5) is 28.4. The van der Waals surface area contributed by atoms with Gasteiger partial charge in [-0.3, -0.25) is 13.9 Å². The summed E-state index contributed by atoms with van der Waals surface area (Å²) in [5.74, 6) is -0.798. The lowest BCUT2D eigenvalue weighted by molar-refractivity contribution is -0.139. The van der Waals surface area contributed by atoms with Gasteiger partial charge in [-0.05, 0) is 68.7 Å². The second-order valence-corrected chi connectivity index (χ2v) is 11.6. The quantitative estimate of drug-likeness (QED) is 0.353. The Morgan fingerprint density at radius 2 is 1.53 bits per heavy atom. The maximum Gasteiger partial charge on any atom is 0.264 e. The van der Waals surface area contributed by atoms with E-state index < -0.39 is 28.5 Å². The summed E-state index contributed by atoms with van der Waals surface area (Å²) in [6.45, 7) is 6.97. The molecule has 1 N–H and O–H groups in total. The molecule has 7 nitrogen and oxygen atoms in total. The average molecular weight is 556 g/mol. The largest absolute Gasteiger partial charge is 0.352 e. The van der Waals surface area contributed by atoms with E-state index in [0.717, 1.165) is 16.3 Å². The van der Waals surface area contributed by atoms with Crippen LogP contribution in [0.15, 0.2) is 83.8 Å². The van der Waals surface area contributed by atoms with Crippen LogP contribution in [0.25, 0.3) is 0 Å². The molecule has 0 unspecified atom stereocenters. The lowest BCUT2D eigenvalue weighted by Crippen LogP contribution is -2.52. The molecule has 0 saturated heterocycles. The molecule has 0 saturated carbocycles. The molecule has 2 amide bonds. The van der Waals surface area contributed by atoms with E-state index in [2.05, 4.69) is 5.32 Å². The maximum absolute atomic E-state index is 13.9. The van der Waals surface area contributed by atoms with E-state index in [-0.39, 0.29) is 23.4 Å². The number of anilines is 1. The summed E-state index contributed by atoms with van der Waals surface area (Å²) in [6, 6.07) is 21.2. The second kappa shape index (κ2) is 12.9. The Morgan fingerprint density at radius 3 is 2.13 bits per heavy atom. The van der Waals surface area contributed by atoms with E-state index in [1.54, 1.807) is 38.1 Å². The van der Waals surface area contributed by atoms with Crippen LogP contribution in [0.1, 0.15) is 38.3 Å². The van der Waals surface area contributed by atoms with Crippen LogP contribution >= 0.6 is 11.6 Å². The number of benzene rings is 3. The molecular formula is C29H34ClN3O4S. The van der Waals surface area contributed by atoms with Gasteiger partial charge in [-0.25, -0.2) is 8.42 Å². The molecule has 0 aliphatic carbocycles. The molecule has 2 atom stereocenters. The van der Waals surface area contributed by atoms with Crippen molar-refractivity contribution in [3.05, 3.63) is 95.0 Å². The third-order valence-electron chi connectivity index (χ3n) is 6.43. The van der Waals surface area contributed by atoms with Crippen LogP contribution in [0.4, 0.5) is 5.69 Å². The Balaban J connectivity index is 2.02. The van der Waals surface area contributed by atoms with Gasteiger partial charge >= 0.3 is 0 Å². The zero-order valence-corrected chi connectivity index (χ0v) is 23.7. The van der Waals surface area contributed by atoms with Crippen molar-refractivity contribution in [3.63, 3.8) is 0 Å². The Bertz CT molecular complexity index is 1350. The Kier molecular flexibility index (Phi) is 9.94. The molecule has 0 aliphatic heterocycles. The minimum atomic E-state index is -4.14. The SMILES string of the molecule is CC[C@@H](C)NC(=O)[C@@H](C)N(Cc1ccccc1)C(=O)CN(c1ccccc1C)S(=O)(=O)c1ccc(Cl)cc1. The lowest BCUT2D eigenvalue weighted by Gasteiger charge is -2.33. The van der Waals surface area contributed by atoms with Crippen molar-refractivity contribution in [2.45, 2.75) is 57.6 Å². The molecule has 0 aliphatic rings. The van der Waals surface area contributed by atoms with Crippen LogP contribution in [-0.4, -0.2) is 43.8 Å². The minimum Gasteiger partial charge on any atom is -0.352 e. The van der Waals surface area contributed by atoms with Crippen molar-refractivity contribution < 1.29 is 18.0 Å². The fraction of sp³-hybridized carbons (Fsp3) is 0.310. The lowest BCUT2D eigenvalue weighted by atomic mass is 10.1. The number of nitrogens with one attached hydrogen (secondary N) is 1. The first-order valence-electron chi connectivity index (χ1n) is 12.5. The maximum atomic E-state index is 13.9. The zero-order chi connectivity index (χ0) is 27.9. The molecule has 38 heavy (non-hydrogen) atoms. The van der Waals surface area contributed by atoms with E-state index in [9.17, 15) is 18.0 Å². The summed E-state index contributed by atoms with van der Waals surface area (Å²) >= 11 is 5.99. The predicted molar refractivity (Wildman–Crippen MR) is 152 cm³/mol. The second-order valence-electron chi connectivity index (χ2n) is 9.25. The highest BCUT2D eigenvalue weighted by atomic mass is 35.5. The summed E-state index contributed by atoms with van der Waals surface area (Å²) < 4.78 is 28.8. The highest BCUT2D eigenvalue weighted by Gasteiger charge is 2.33. The number of halogens is 1. The number of carbonyl (C=O) groups excluding carboxylic acids is 2. The van der Waals surface area contributed by atoms with Crippen molar-refractivity contribution >= 4 is 39.1 Å². The van der Waals surface area contributed by atoms with Gasteiger partial charge in [-0.1, -0.05) is 67.1 Å². The standard InChI is InChI=1S/C29H34ClN3O4S/c1-5-22(3)31-29(35)23(4)32(19-24-12-7-6-8-13-24)28(34)20-33(27-14-10-9-11-21(27)2)38(36,37)26-17-15-25(30)16-18-26/h6-18,22-23H,5,19-20H2,1-4H3,(H,31,35)/t22-,23-/m1/s1. The highest BCUT2D eigenvalue weighted by molar-refractivity contribution is 7.92. The third kappa shape index (κ3) is 7.14. The molecule has 0 bridgehead atoms. The van der Waals surface area contributed by atoms with Crippen LogP contribution in [0.5, 0.6) is 0 Å². The van der Waals surface area contributed by atoms with Crippen LogP contribution in [-0.2, 0) is 26.2 Å². The first-order chi connectivity index (χ1) is 18.0. The molecule has 3 aromatic rings. The molecule has 0 spiro atoms. The minimum absolute atomic E-state index is 0.00937. The number of aryl methyl sites for hydroxylation is 1. The van der Waals surface area contributed by atoms with Gasteiger partial charge in [-0.2, -0.15) is 0 Å². The number of hydrogen-bond acceptors (Lipinski definition) is 4. The van der Waals surface area contributed by atoms with Crippen LogP contribution < -0.4 is 9.62 Å². The Labute approximate surface area is 230 Å². The number of amides is 2. The first-order valence-corrected chi connectivity index (χ1v) is 14.3. The van der Waals surface area contributed by atoms with Gasteiger partial charge in [0.05, 0.1) is 10.6 Å². The molecular weight excluding hydrogens is 522 g/mol. The van der Waals surface area contributed by atoms with Crippen molar-refractivity contribution in [2.75, 3.05) is 10.8 Å². The van der Waals surface area contributed by atoms with Gasteiger partial charge < -0.3 is 10.2 Å². The Morgan fingerprint density at radius 1 is 0.921 bits per heavy atom. The van der Waals surface area contributed by atoms with E-state index in [1.807, 2.05) is 44.2 Å². The molecule has 3 aromatic carbocycles. The van der Waals surface area contributed by atoms with Crippen molar-refractivity contribution in [1.29, 1.82) is 0 Å². The van der Waals surface area contributed by atoms with Gasteiger partial charge in [0.2, 0.25) is 11.8 Å². The van der Waals surface area contributed by atoms with Gasteiger partial charge in [0, 0.05) is 17.6 Å². The normalized spacial score (nSPS) is 12.9. The van der Waals surface area contributed by atoms with Crippen molar-refractivity contribution in [1.82, 2.24) is 10.2 Å². The predicted octanol–water partition coefficient (Wildman–Crippen LogP) is 5.18. The topological polar surface area (TPSA) is 86.8 Å². The molecule has 0 fully saturated rings. The molecule has 0 radical (unpaired) electrons. The number of carbonyl (C=O) groups is 2. The van der Waals surface area contributed by atoms with Gasteiger partial charge in [0.1, 0.15) is 12.6 Å². The summed E-state index contributed by atoms with van der Waals surface area (Å²) in [7, 11) is -4.14. The monoisotopic (exact) mass is 555 g/mol. The number of nitrogens with zero attached hydrogens (tertiary/aromatic N) is 2. The zero-order valence-electron chi connectivity index (χ0n) is 22.1. The van der Waals surface area contributed by atoms with Gasteiger partial charge in [0.25, 0.3) is 10.0 Å². The fourth-order valence-electron chi connectivity index (χ4n) is 3.92. The van der Waals surface area contributed by atoms with E-state index in [0.29, 0.717) is 16.3 Å². The van der Waals surface area contributed by atoms with E-state index in [1.165, 1.54) is 29.2 Å². The molecule has 0 aromatic heterocycles.